The van der Waals surface area contributed by atoms with Crippen LogP contribution in [0.4, 0.5) is 5.69 Å². The van der Waals surface area contributed by atoms with Crippen molar-refractivity contribution in [3.63, 3.8) is 0 Å². The lowest BCUT2D eigenvalue weighted by molar-refractivity contribution is -0.115. The van der Waals surface area contributed by atoms with Gasteiger partial charge in [-0.2, -0.15) is 5.10 Å². The van der Waals surface area contributed by atoms with Crippen molar-refractivity contribution in [1.82, 2.24) is 9.78 Å². The topological polar surface area (TPSA) is 99.5 Å². The Morgan fingerprint density at radius 3 is 2.64 bits per heavy atom. The predicted octanol–water partition coefficient (Wildman–Crippen LogP) is 2.06. The Morgan fingerprint density at radius 2 is 2.04 bits per heavy atom. The maximum absolute atomic E-state index is 12.6. The second-order valence-electron chi connectivity index (χ2n) is 6.94. The number of nitrogens with zero attached hydrogens (tertiary/aromatic N) is 2. The minimum atomic E-state index is -3.01. The van der Waals surface area contributed by atoms with Crippen LogP contribution in [0.15, 0.2) is 18.2 Å². The van der Waals surface area contributed by atoms with Gasteiger partial charge in [0.05, 0.1) is 49.6 Å². The van der Waals surface area contributed by atoms with Gasteiger partial charge in [-0.1, -0.05) is 0 Å². The van der Waals surface area contributed by atoms with E-state index in [2.05, 4.69) is 10.4 Å². The first-order valence-corrected chi connectivity index (χ1v) is 10.8. The van der Waals surface area contributed by atoms with E-state index in [0.29, 0.717) is 23.6 Å². The standard InChI is InChI=1S/C19H25N3O5S/c1-12-16(13(2)22(21-12)14-7-8-28(24,25)11-14)10-19(23)20-17-6-5-15(26-3)9-18(17)27-4/h5-6,9,14H,7-8,10-11H2,1-4H3,(H,20,23). The van der Waals surface area contributed by atoms with Crippen molar-refractivity contribution in [3.8, 4) is 11.5 Å². The molecule has 28 heavy (non-hydrogen) atoms. The zero-order chi connectivity index (χ0) is 20.5. The smallest absolute Gasteiger partial charge is 0.229 e. The molecular formula is C19H25N3O5S. The van der Waals surface area contributed by atoms with Crippen LogP contribution in [0, 0.1) is 13.8 Å². The third-order valence-corrected chi connectivity index (χ3v) is 6.80. The number of sulfone groups is 1. The van der Waals surface area contributed by atoms with Crippen molar-refractivity contribution in [3.05, 3.63) is 35.2 Å². The van der Waals surface area contributed by atoms with Crippen molar-refractivity contribution in [2.45, 2.75) is 32.7 Å². The number of carbonyl (C=O) groups excluding carboxylic acids is 1. The molecule has 1 amide bonds. The summed E-state index contributed by atoms with van der Waals surface area (Å²) in [4.78, 5) is 12.6. The Kier molecular flexibility index (Phi) is 5.64. The molecule has 1 N–H and O–H groups in total. The van der Waals surface area contributed by atoms with Crippen LogP contribution in [0.5, 0.6) is 11.5 Å². The number of amides is 1. The van der Waals surface area contributed by atoms with Crippen molar-refractivity contribution in [1.29, 1.82) is 0 Å². The quantitative estimate of drug-likeness (QED) is 0.787. The van der Waals surface area contributed by atoms with Gasteiger partial charge in [0.1, 0.15) is 11.5 Å². The van der Waals surface area contributed by atoms with Gasteiger partial charge >= 0.3 is 0 Å². The minimum Gasteiger partial charge on any atom is -0.497 e. The highest BCUT2D eigenvalue weighted by atomic mass is 32.2. The molecule has 1 fully saturated rings. The van der Waals surface area contributed by atoms with Crippen LogP contribution in [0.25, 0.3) is 0 Å². The van der Waals surface area contributed by atoms with Crippen LogP contribution in [0.1, 0.15) is 29.4 Å². The number of ether oxygens (including phenoxy) is 2. The van der Waals surface area contributed by atoms with Gasteiger partial charge < -0.3 is 14.8 Å². The van der Waals surface area contributed by atoms with Crippen molar-refractivity contribution >= 4 is 21.4 Å². The third-order valence-electron chi connectivity index (χ3n) is 5.05. The van der Waals surface area contributed by atoms with Crippen LogP contribution in [-0.4, -0.2) is 49.8 Å². The summed E-state index contributed by atoms with van der Waals surface area (Å²) in [6.45, 7) is 3.71. The van der Waals surface area contributed by atoms with E-state index in [-0.39, 0.29) is 29.9 Å². The molecule has 1 aliphatic rings. The molecule has 1 aromatic carbocycles. The van der Waals surface area contributed by atoms with Crippen LogP contribution in [-0.2, 0) is 21.1 Å². The molecule has 0 aliphatic carbocycles. The number of benzene rings is 1. The van der Waals surface area contributed by atoms with Crippen LogP contribution < -0.4 is 14.8 Å². The lowest BCUT2D eigenvalue weighted by atomic mass is 10.1. The van der Waals surface area contributed by atoms with Gasteiger partial charge in [0, 0.05) is 17.3 Å². The molecule has 1 aliphatic heterocycles. The van der Waals surface area contributed by atoms with Crippen molar-refractivity contribution < 1.29 is 22.7 Å². The molecule has 1 unspecified atom stereocenters. The number of carbonyl (C=O) groups is 1. The summed E-state index contributed by atoms with van der Waals surface area (Å²) in [5, 5.41) is 7.36. The third kappa shape index (κ3) is 4.14. The predicted molar refractivity (Wildman–Crippen MR) is 106 cm³/mol. The molecule has 1 saturated heterocycles. The molecule has 1 aromatic heterocycles. The number of methoxy groups -OCH3 is 2. The van der Waals surface area contributed by atoms with E-state index >= 15 is 0 Å². The Labute approximate surface area is 164 Å². The molecule has 0 bridgehead atoms. The fraction of sp³-hybridized carbons (Fsp3) is 0.474. The first kappa shape index (κ1) is 20.2. The molecule has 8 nitrogen and oxygen atoms in total. The monoisotopic (exact) mass is 407 g/mol. The first-order chi connectivity index (χ1) is 13.2. The summed E-state index contributed by atoms with van der Waals surface area (Å²) >= 11 is 0. The molecular weight excluding hydrogens is 382 g/mol. The van der Waals surface area contributed by atoms with Gasteiger partial charge in [-0.05, 0) is 32.4 Å². The van der Waals surface area contributed by atoms with Gasteiger partial charge in [0.2, 0.25) is 5.91 Å². The number of rotatable bonds is 6. The first-order valence-electron chi connectivity index (χ1n) is 9.01. The summed E-state index contributed by atoms with van der Waals surface area (Å²) < 4.78 is 35.8. The van der Waals surface area contributed by atoms with Gasteiger partial charge in [0.25, 0.3) is 0 Å². The largest absolute Gasteiger partial charge is 0.497 e. The van der Waals surface area contributed by atoms with Crippen LogP contribution in [0.3, 0.4) is 0 Å². The number of anilines is 1. The molecule has 2 aromatic rings. The number of hydrogen-bond donors (Lipinski definition) is 1. The van der Waals surface area contributed by atoms with Crippen LogP contribution >= 0.6 is 0 Å². The fourth-order valence-electron chi connectivity index (χ4n) is 3.53. The van der Waals surface area contributed by atoms with E-state index in [1.54, 1.807) is 30.0 Å². The maximum atomic E-state index is 12.6. The van der Waals surface area contributed by atoms with Crippen LogP contribution in [0.2, 0.25) is 0 Å². The molecule has 0 spiro atoms. The Hall–Kier alpha value is -2.55. The number of aryl methyl sites for hydroxylation is 1. The molecule has 3 rings (SSSR count). The lowest BCUT2D eigenvalue weighted by Gasteiger charge is -2.13. The maximum Gasteiger partial charge on any atom is 0.229 e. The Balaban J connectivity index is 1.76. The van der Waals surface area contributed by atoms with E-state index in [9.17, 15) is 13.2 Å². The normalized spacial score (nSPS) is 18.1. The molecule has 2 heterocycles. The van der Waals surface area contributed by atoms with E-state index in [4.69, 9.17) is 9.47 Å². The molecule has 0 radical (unpaired) electrons. The summed E-state index contributed by atoms with van der Waals surface area (Å²) in [7, 11) is 0.0821. The van der Waals surface area contributed by atoms with Gasteiger partial charge in [0.15, 0.2) is 9.84 Å². The molecule has 152 valence electrons. The lowest BCUT2D eigenvalue weighted by Crippen LogP contribution is -2.17. The van der Waals surface area contributed by atoms with E-state index in [0.717, 1.165) is 17.0 Å². The highest BCUT2D eigenvalue weighted by molar-refractivity contribution is 7.91. The minimum absolute atomic E-state index is 0.101. The highest BCUT2D eigenvalue weighted by Gasteiger charge is 2.31. The Bertz CT molecular complexity index is 997. The molecule has 1 atom stereocenters. The Morgan fingerprint density at radius 1 is 1.29 bits per heavy atom. The summed E-state index contributed by atoms with van der Waals surface area (Å²) in [6.07, 6.45) is 0.700. The summed E-state index contributed by atoms with van der Waals surface area (Å²) in [6, 6.07) is 5.00. The average Bonchev–Trinajstić information content (AvgIpc) is 3.15. The van der Waals surface area contributed by atoms with Crippen molar-refractivity contribution in [2.24, 2.45) is 0 Å². The number of nitrogens with one attached hydrogen (secondary N) is 1. The van der Waals surface area contributed by atoms with Gasteiger partial charge in [-0.3, -0.25) is 9.48 Å². The van der Waals surface area contributed by atoms with Gasteiger partial charge in [-0.25, -0.2) is 8.42 Å². The molecule has 0 saturated carbocycles. The number of aromatic nitrogens is 2. The van der Waals surface area contributed by atoms with Crippen molar-refractivity contribution in [2.75, 3.05) is 31.0 Å². The fourth-order valence-corrected chi connectivity index (χ4v) is 5.23. The zero-order valence-corrected chi connectivity index (χ0v) is 17.3. The summed E-state index contributed by atoms with van der Waals surface area (Å²) in [5.74, 6) is 1.22. The van der Waals surface area contributed by atoms with E-state index in [1.165, 1.54) is 7.11 Å². The highest BCUT2D eigenvalue weighted by Crippen LogP contribution is 2.30. The zero-order valence-electron chi connectivity index (χ0n) is 16.5. The number of hydrogen-bond acceptors (Lipinski definition) is 6. The van der Waals surface area contributed by atoms with E-state index < -0.39 is 9.84 Å². The molecule has 9 heteroatoms. The van der Waals surface area contributed by atoms with E-state index in [1.807, 2.05) is 13.8 Å². The summed E-state index contributed by atoms with van der Waals surface area (Å²) in [5.41, 5.74) is 2.93. The SMILES string of the molecule is COc1ccc(NC(=O)Cc2c(C)nn(C3CCS(=O)(=O)C3)c2C)c(OC)c1. The second kappa shape index (κ2) is 7.83. The average molecular weight is 407 g/mol. The van der Waals surface area contributed by atoms with Gasteiger partial charge in [-0.15, -0.1) is 0 Å². The second-order valence-corrected chi connectivity index (χ2v) is 9.17.